The first-order chi connectivity index (χ1) is 7.33. The zero-order valence-corrected chi connectivity index (χ0v) is 9.38. The summed E-state index contributed by atoms with van der Waals surface area (Å²) in [7, 11) is 0. The first-order valence-electron chi connectivity index (χ1n) is 5.73. The molecule has 0 spiro atoms. The molecule has 1 aliphatic carbocycles. The molecular formula is C12H20N2O. The molecule has 15 heavy (non-hydrogen) atoms. The van der Waals surface area contributed by atoms with Gasteiger partial charge in [0.2, 0.25) is 0 Å². The van der Waals surface area contributed by atoms with Crippen molar-refractivity contribution in [2.45, 2.75) is 39.0 Å². The quantitative estimate of drug-likeness (QED) is 0.647. The third-order valence-electron chi connectivity index (χ3n) is 2.36. The van der Waals surface area contributed by atoms with E-state index in [9.17, 15) is 4.79 Å². The Morgan fingerprint density at radius 2 is 2.27 bits per heavy atom. The highest BCUT2D eigenvalue weighted by molar-refractivity contribution is 5.76. The third kappa shape index (κ3) is 5.25. The number of carbonyl (C=O) groups excluding carboxylic acids is 1. The van der Waals surface area contributed by atoms with Gasteiger partial charge in [-0.25, -0.2) is 4.79 Å². The van der Waals surface area contributed by atoms with Crippen LogP contribution in [-0.4, -0.2) is 12.6 Å². The number of nitrogens with one attached hydrogen (secondary N) is 2. The molecule has 0 atom stereocenters. The Labute approximate surface area is 91.6 Å². The molecule has 84 valence electrons. The Hall–Kier alpha value is -1.25. The number of amides is 2. The zero-order chi connectivity index (χ0) is 10.9. The molecule has 0 bridgehead atoms. The van der Waals surface area contributed by atoms with Crippen LogP contribution in [0.4, 0.5) is 4.79 Å². The molecule has 0 heterocycles. The molecular weight excluding hydrogens is 188 g/mol. The molecule has 0 fully saturated rings. The van der Waals surface area contributed by atoms with Crippen LogP contribution in [0.2, 0.25) is 0 Å². The van der Waals surface area contributed by atoms with Gasteiger partial charge in [0.25, 0.3) is 0 Å². The molecule has 1 rings (SSSR count). The van der Waals surface area contributed by atoms with Crippen LogP contribution >= 0.6 is 0 Å². The van der Waals surface area contributed by atoms with Crippen molar-refractivity contribution in [3.63, 3.8) is 0 Å². The number of allylic oxidation sites excluding steroid dienone is 3. The second-order valence-corrected chi connectivity index (χ2v) is 3.77. The number of hydrogen-bond donors (Lipinski definition) is 2. The van der Waals surface area contributed by atoms with Crippen LogP contribution in [0.5, 0.6) is 0 Å². The van der Waals surface area contributed by atoms with Crippen LogP contribution in [0.1, 0.15) is 39.0 Å². The van der Waals surface area contributed by atoms with Crippen LogP contribution in [0, 0.1) is 0 Å². The van der Waals surface area contributed by atoms with Gasteiger partial charge in [-0.1, -0.05) is 38.3 Å². The van der Waals surface area contributed by atoms with Crippen LogP contribution in [0.25, 0.3) is 0 Å². The van der Waals surface area contributed by atoms with E-state index in [0.29, 0.717) is 0 Å². The molecule has 3 heteroatoms. The van der Waals surface area contributed by atoms with Gasteiger partial charge in [0.15, 0.2) is 0 Å². The highest BCUT2D eigenvalue weighted by Crippen LogP contribution is 2.05. The lowest BCUT2D eigenvalue weighted by molar-refractivity contribution is 0.243. The van der Waals surface area contributed by atoms with Crippen molar-refractivity contribution in [1.82, 2.24) is 10.6 Å². The van der Waals surface area contributed by atoms with Crippen molar-refractivity contribution in [1.29, 1.82) is 0 Å². The van der Waals surface area contributed by atoms with Crippen LogP contribution in [0.3, 0.4) is 0 Å². The molecule has 0 saturated carbocycles. The van der Waals surface area contributed by atoms with Crippen molar-refractivity contribution in [2.75, 3.05) is 6.54 Å². The van der Waals surface area contributed by atoms with E-state index in [0.717, 1.165) is 25.1 Å². The fraction of sp³-hybridized carbons (Fsp3) is 0.583. The first kappa shape index (κ1) is 11.8. The minimum absolute atomic E-state index is 0.0820. The van der Waals surface area contributed by atoms with E-state index in [-0.39, 0.29) is 6.03 Å². The highest BCUT2D eigenvalue weighted by Gasteiger charge is 2.03. The summed E-state index contributed by atoms with van der Waals surface area (Å²) in [6, 6.07) is -0.0820. The van der Waals surface area contributed by atoms with Gasteiger partial charge in [0.1, 0.15) is 0 Å². The summed E-state index contributed by atoms with van der Waals surface area (Å²) >= 11 is 0. The average molecular weight is 208 g/mol. The van der Waals surface area contributed by atoms with Crippen LogP contribution in [-0.2, 0) is 0 Å². The van der Waals surface area contributed by atoms with Gasteiger partial charge < -0.3 is 10.6 Å². The second kappa shape index (κ2) is 7.10. The van der Waals surface area contributed by atoms with Gasteiger partial charge >= 0.3 is 6.03 Å². The van der Waals surface area contributed by atoms with E-state index in [1.165, 1.54) is 19.3 Å². The normalized spacial score (nSPS) is 13.8. The highest BCUT2D eigenvalue weighted by atomic mass is 16.2. The molecule has 2 amide bonds. The van der Waals surface area contributed by atoms with Crippen LogP contribution in [0.15, 0.2) is 23.9 Å². The summed E-state index contributed by atoms with van der Waals surface area (Å²) in [6.07, 6.45) is 11.5. The van der Waals surface area contributed by atoms with Gasteiger partial charge in [-0.15, -0.1) is 0 Å². The Morgan fingerprint density at radius 3 is 2.93 bits per heavy atom. The number of carbonyl (C=O) groups is 1. The SMILES string of the molecule is CCCCCCNC(=O)NC1=CC=CC1. The molecule has 0 saturated heterocycles. The Kier molecular flexibility index (Phi) is 5.59. The minimum Gasteiger partial charge on any atom is -0.338 e. The van der Waals surface area contributed by atoms with E-state index in [1.54, 1.807) is 0 Å². The molecule has 0 aromatic heterocycles. The van der Waals surface area contributed by atoms with Crippen molar-refractivity contribution < 1.29 is 4.79 Å². The van der Waals surface area contributed by atoms with Crippen molar-refractivity contribution in [3.05, 3.63) is 23.9 Å². The van der Waals surface area contributed by atoms with Gasteiger partial charge in [-0.05, 0) is 12.5 Å². The minimum atomic E-state index is -0.0820. The summed E-state index contributed by atoms with van der Waals surface area (Å²) in [5.41, 5.74) is 0.973. The molecule has 0 aromatic rings. The fourth-order valence-electron chi connectivity index (χ4n) is 1.48. The molecule has 0 radical (unpaired) electrons. The number of urea groups is 1. The van der Waals surface area contributed by atoms with Gasteiger partial charge in [-0.3, -0.25) is 0 Å². The second-order valence-electron chi connectivity index (χ2n) is 3.77. The predicted molar refractivity (Wildman–Crippen MR) is 62.5 cm³/mol. The summed E-state index contributed by atoms with van der Waals surface area (Å²) in [5.74, 6) is 0. The van der Waals surface area contributed by atoms with E-state index in [2.05, 4.69) is 17.6 Å². The Balaban J connectivity index is 1.99. The monoisotopic (exact) mass is 208 g/mol. The number of rotatable bonds is 6. The summed E-state index contributed by atoms with van der Waals surface area (Å²) < 4.78 is 0. The number of hydrogen-bond acceptors (Lipinski definition) is 1. The molecule has 0 aliphatic heterocycles. The molecule has 0 unspecified atom stereocenters. The van der Waals surface area contributed by atoms with Gasteiger partial charge in [-0.2, -0.15) is 0 Å². The maximum absolute atomic E-state index is 11.3. The predicted octanol–water partition coefficient (Wildman–Crippen LogP) is 2.71. The lowest BCUT2D eigenvalue weighted by Gasteiger charge is -2.07. The lowest BCUT2D eigenvalue weighted by Crippen LogP contribution is -2.35. The maximum atomic E-state index is 11.3. The number of unbranched alkanes of at least 4 members (excludes halogenated alkanes) is 3. The zero-order valence-electron chi connectivity index (χ0n) is 9.38. The topological polar surface area (TPSA) is 41.1 Å². The maximum Gasteiger partial charge on any atom is 0.318 e. The Morgan fingerprint density at radius 1 is 1.40 bits per heavy atom. The van der Waals surface area contributed by atoms with Crippen molar-refractivity contribution >= 4 is 6.03 Å². The lowest BCUT2D eigenvalue weighted by atomic mass is 10.2. The molecule has 0 aromatic carbocycles. The average Bonchev–Trinajstić information content (AvgIpc) is 2.70. The van der Waals surface area contributed by atoms with E-state index >= 15 is 0 Å². The van der Waals surface area contributed by atoms with E-state index < -0.39 is 0 Å². The summed E-state index contributed by atoms with van der Waals surface area (Å²) in [4.78, 5) is 11.3. The summed E-state index contributed by atoms with van der Waals surface area (Å²) in [5, 5.41) is 5.67. The van der Waals surface area contributed by atoms with E-state index in [4.69, 9.17) is 0 Å². The van der Waals surface area contributed by atoms with Crippen molar-refractivity contribution in [3.8, 4) is 0 Å². The fourth-order valence-corrected chi connectivity index (χ4v) is 1.48. The largest absolute Gasteiger partial charge is 0.338 e. The third-order valence-corrected chi connectivity index (χ3v) is 2.36. The smallest absolute Gasteiger partial charge is 0.318 e. The molecule has 2 N–H and O–H groups in total. The van der Waals surface area contributed by atoms with E-state index in [1.807, 2.05) is 18.2 Å². The first-order valence-corrected chi connectivity index (χ1v) is 5.73. The van der Waals surface area contributed by atoms with Gasteiger partial charge in [0, 0.05) is 18.7 Å². The Bertz CT molecular complexity index is 256. The standard InChI is InChI=1S/C12H20N2O/c1-2-3-4-7-10-13-12(15)14-11-8-5-6-9-11/h5-6,8H,2-4,7,9-10H2,1H3,(H2,13,14,15). The van der Waals surface area contributed by atoms with Gasteiger partial charge in [0.05, 0.1) is 0 Å². The van der Waals surface area contributed by atoms with Crippen LogP contribution < -0.4 is 10.6 Å². The summed E-state index contributed by atoms with van der Waals surface area (Å²) in [6.45, 7) is 2.95. The van der Waals surface area contributed by atoms with Crippen molar-refractivity contribution in [2.24, 2.45) is 0 Å². The molecule has 1 aliphatic rings. The molecule has 3 nitrogen and oxygen atoms in total.